The van der Waals surface area contributed by atoms with Gasteiger partial charge in [-0.1, -0.05) is 25.0 Å². The van der Waals surface area contributed by atoms with Gasteiger partial charge in [0.1, 0.15) is 0 Å². The normalized spacial score (nSPS) is 17.6. The molecule has 4 heteroatoms. The Bertz CT molecular complexity index is 419. The molecule has 0 heterocycles. The van der Waals surface area contributed by atoms with E-state index in [1.807, 2.05) is 23.9 Å². The van der Waals surface area contributed by atoms with Gasteiger partial charge >= 0.3 is 0 Å². The topological polar surface area (TPSA) is 21.3 Å². The molecule has 1 fully saturated rings. The van der Waals surface area contributed by atoms with Crippen LogP contribution in [0.25, 0.3) is 0 Å². The molecule has 19 heavy (non-hydrogen) atoms. The highest BCUT2D eigenvalue weighted by Gasteiger charge is 2.32. The molecule has 106 valence electrons. The van der Waals surface area contributed by atoms with Crippen molar-refractivity contribution in [3.8, 4) is 5.75 Å². The second-order valence-electron chi connectivity index (χ2n) is 5.13. The van der Waals surface area contributed by atoms with E-state index in [2.05, 4.69) is 11.6 Å². The van der Waals surface area contributed by atoms with Gasteiger partial charge in [0.2, 0.25) is 0 Å². The van der Waals surface area contributed by atoms with E-state index in [4.69, 9.17) is 4.74 Å². The maximum absolute atomic E-state index is 14.0. The Morgan fingerprint density at radius 3 is 2.74 bits per heavy atom. The predicted octanol–water partition coefficient (Wildman–Crippen LogP) is 3.60. The number of thioether (sulfide) groups is 1. The Balaban J connectivity index is 1.92. The lowest BCUT2D eigenvalue weighted by molar-refractivity contribution is 0.383. The second-order valence-corrected chi connectivity index (χ2v) is 6.41. The molecule has 0 radical (unpaired) electrons. The van der Waals surface area contributed by atoms with Crippen molar-refractivity contribution in [1.82, 2.24) is 5.32 Å². The summed E-state index contributed by atoms with van der Waals surface area (Å²) in [5, 5.41) is 3.41. The van der Waals surface area contributed by atoms with Crippen molar-refractivity contribution in [3.63, 3.8) is 0 Å². The van der Waals surface area contributed by atoms with Gasteiger partial charge in [0, 0.05) is 23.4 Å². The van der Waals surface area contributed by atoms with Gasteiger partial charge in [-0.05, 0) is 25.2 Å². The molecule has 0 bridgehead atoms. The lowest BCUT2D eigenvalue weighted by atomic mass is 10.1. The van der Waals surface area contributed by atoms with E-state index in [0.717, 1.165) is 6.54 Å². The lowest BCUT2D eigenvalue weighted by Crippen LogP contribution is -2.34. The van der Waals surface area contributed by atoms with Crippen molar-refractivity contribution >= 4 is 11.8 Å². The number of halogens is 1. The molecule has 0 aromatic heterocycles. The average Bonchev–Trinajstić information content (AvgIpc) is 2.90. The number of hydrogen-bond donors (Lipinski definition) is 1. The second kappa shape index (κ2) is 6.62. The van der Waals surface area contributed by atoms with Gasteiger partial charge in [-0.3, -0.25) is 0 Å². The first-order chi connectivity index (χ1) is 9.21. The molecule has 1 aliphatic carbocycles. The average molecular weight is 283 g/mol. The van der Waals surface area contributed by atoms with Gasteiger partial charge in [0.15, 0.2) is 11.6 Å². The van der Waals surface area contributed by atoms with Crippen LogP contribution in [-0.4, -0.2) is 24.7 Å². The third-order valence-electron chi connectivity index (χ3n) is 3.97. The van der Waals surface area contributed by atoms with E-state index in [1.165, 1.54) is 32.8 Å². The molecule has 1 aromatic rings. The minimum Gasteiger partial charge on any atom is -0.494 e. The maximum atomic E-state index is 14.0. The SMILES string of the molecule is COc1cccc(CNCC2(SC)CCCC2)c1F. The summed E-state index contributed by atoms with van der Waals surface area (Å²) in [7, 11) is 1.50. The van der Waals surface area contributed by atoms with Crippen LogP contribution in [0, 0.1) is 5.82 Å². The van der Waals surface area contributed by atoms with Crippen LogP contribution >= 0.6 is 11.8 Å². The molecule has 2 nitrogen and oxygen atoms in total. The molecule has 0 amide bonds. The smallest absolute Gasteiger partial charge is 0.169 e. The molecule has 1 saturated carbocycles. The van der Waals surface area contributed by atoms with Crippen molar-refractivity contribution in [2.45, 2.75) is 37.0 Å². The molecular weight excluding hydrogens is 261 g/mol. The van der Waals surface area contributed by atoms with Crippen molar-refractivity contribution in [3.05, 3.63) is 29.6 Å². The number of benzene rings is 1. The summed E-state index contributed by atoms with van der Waals surface area (Å²) in [5.41, 5.74) is 0.675. The first kappa shape index (κ1) is 14.7. The summed E-state index contributed by atoms with van der Waals surface area (Å²) >= 11 is 1.95. The van der Waals surface area contributed by atoms with E-state index >= 15 is 0 Å². The zero-order valence-corrected chi connectivity index (χ0v) is 12.5. The van der Waals surface area contributed by atoms with Crippen molar-refractivity contribution in [1.29, 1.82) is 0 Å². The van der Waals surface area contributed by atoms with Crippen LogP contribution in [0.15, 0.2) is 18.2 Å². The first-order valence-electron chi connectivity index (χ1n) is 6.78. The molecule has 0 atom stereocenters. The minimum atomic E-state index is -0.248. The summed E-state index contributed by atoms with van der Waals surface area (Å²) in [5.74, 6) is 0.0712. The zero-order chi connectivity index (χ0) is 13.7. The summed E-state index contributed by atoms with van der Waals surface area (Å²) in [4.78, 5) is 0. The third kappa shape index (κ3) is 3.42. The van der Waals surface area contributed by atoms with Crippen LogP contribution in [0.3, 0.4) is 0 Å². The molecule has 1 N–H and O–H groups in total. The minimum absolute atomic E-state index is 0.248. The van der Waals surface area contributed by atoms with Crippen LogP contribution in [0.5, 0.6) is 5.75 Å². The summed E-state index contributed by atoms with van der Waals surface area (Å²) in [6.07, 6.45) is 7.34. The molecule has 1 aliphatic rings. The lowest BCUT2D eigenvalue weighted by Gasteiger charge is -2.27. The fraction of sp³-hybridized carbons (Fsp3) is 0.600. The van der Waals surface area contributed by atoms with Gasteiger partial charge < -0.3 is 10.1 Å². The van der Waals surface area contributed by atoms with Crippen molar-refractivity contribution in [2.75, 3.05) is 19.9 Å². The Hall–Kier alpha value is -0.740. The Morgan fingerprint density at radius 1 is 1.37 bits per heavy atom. The number of rotatable bonds is 6. The highest BCUT2D eigenvalue weighted by molar-refractivity contribution is 8.00. The van der Waals surface area contributed by atoms with E-state index in [0.29, 0.717) is 22.6 Å². The van der Waals surface area contributed by atoms with Crippen LogP contribution < -0.4 is 10.1 Å². The first-order valence-corrected chi connectivity index (χ1v) is 8.00. The molecule has 0 aliphatic heterocycles. The Morgan fingerprint density at radius 2 is 2.11 bits per heavy atom. The quantitative estimate of drug-likeness (QED) is 0.862. The number of hydrogen-bond acceptors (Lipinski definition) is 3. The maximum Gasteiger partial charge on any atom is 0.169 e. The molecule has 0 spiro atoms. The number of methoxy groups -OCH3 is 1. The van der Waals surface area contributed by atoms with Gasteiger partial charge in [-0.2, -0.15) is 11.8 Å². The van der Waals surface area contributed by atoms with Gasteiger partial charge in [0.25, 0.3) is 0 Å². The molecule has 1 aromatic carbocycles. The highest BCUT2D eigenvalue weighted by Crippen LogP contribution is 2.39. The number of nitrogens with one attached hydrogen (secondary N) is 1. The predicted molar refractivity (Wildman–Crippen MR) is 79.4 cm³/mol. The monoisotopic (exact) mass is 283 g/mol. The van der Waals surface area contributed by atoms with E-state index in [9.17, 15) is 4.39 Å². The summed E-state index contributed by atoms with van der Waals surface area (Å²) < 4.78 is 19.3. The number of ether oxygens (including phenoxy) is 1. The van der Waals surface area contributed by atoms with E-state index in [-0.39, 0.29) is 5.82 Å². The van der Waals surface area contributed by atoms with Gasteiger partial charge in [-0.15, -0.1) is 0 Å². The zero-order valence-electron chi connectivity index (χ0n) is 11.7. The van der Waals surface area contributed by atoms with E-state index in [1.54, 1.807) is 6.07 Å². The van der Waals surface area contributed by atoms with Crippen molar-refractivity contribution < 1.29 is 9.13 Å². The molecule has 0 saturated heterocycles. The highest BCUT2D eigenvalue weighted by atomic mass is 32.2. The van der Waals surface area contributed by atoms with E-state index < -0.39 is 0 Å². The van der Waals surface area contributed by atoms with Crippen LogP contribution in [0.1, 0.15) is 31.2 Å². The molecule has 2 rings (SSSR count). The molecular formula is C15H22FNOS. The third-order valence-corrected chi connectivity index (χ3v) is 5.39. The van der Waals surface area contributed by atoms with Crippen LogP contribution in [-0.2, 0) is 6.54 Å². The van der Waals surface area contributed by atoms with Crippen molar-refractivity contribution in [2.24, 2.45) is 0 Å². The Kier molecular flexibility index (Phi) is 5.11. The summed E-state index contributed by atoms with van der Waals surface area (Å²) in [6.45, 7) is 1.51. The van der Waals surface area contributed by atoms with Gasteiger partial charge in [0.05, 0.1) is 7.11 Å². The Labute approximate surface area is 119 Å². The fourth-order valence-corrected chi connectivity index (χ4v) is 3.69. The standard InChI is InChI=1S/C15H22FNOS/c1-18-13-7-5-6-12(14(13)16)10-17-11-15(19-2)8-3-4-9-15/h5-7,17H,3-4,8-11H2,1-2H3. The van der Waals surface area contributed by atoms with Gasteiger partial charge in [-0.25, -0.2) is 4.39 Å². The largest absolute Gasteiger partial charge is 0.494 e. The fourth-order valence-electron chi connectivity index (χ4n) is 2.75. The van der Waals surface area contributed by atoms with Crippen LogP contribution in [0.2, 0.25) is 0 Å². The molecule has 0 unspecified atom stereocenters. The summed E-state index contributed by atoms with van der Waals surface area (Å²) in [6, 6.07) is 5.29. The van der Waals surface area contributed by atoms with Crippen LogP contribution in [0.4, 0.5) is 4.39 Å².